The van der Waals surface area contributed by atoms with Crippen LogP contribution in [0, 0.1) is 22.7 Å². The average molecular weight is 1030 g/mol. The van der Waals surface area contributed by atoms with E-state index < -0.39 is 0 Å². The first-order valence-electron chi connectivity index (χ1n) is 24.5. The number of hydrogen-bond acceptors (Lipinski definition) is 16. The number of Topliss-reactive ketones (excluding diaryl/α,β-unsaturated/α-hetero) is 4. The molecule has 0 aliphatic heterocycles. The summed E-state index contributed by atoms with van der Waals surface area (Å²) in [4.78, 5) is 93.7. The summed E-state index contributed by atoms with van der Waals surface area (Å²) in [7, 11) is 1.35. The van der Waals surface area contributed by atoms with E-state index in [9.17, 15) is 43.2 Å². The highest BCUT2D eigenvalue weighted by molar-refractivity contribution is 7.98. The van der Waals surface area contributed by atoms with Crippen LogP contribution in [0.1, 0.15) is 210 Å². The second kappa shape index (κ2) is 62.7. The number of carbonyl (C=O) groups is 9. The highest BCUT2D eigenvalue weighted by atomic mass is 32.2. The molecule has 0 heterocycles. The van der Waals surface area contributed by atoms with Crippen LogP contribution in [0.3, 0.4) is 0 Å². The Bertz CT molecular complexity index is 1230. The number of esters is 5. The lowest BCUT2D eigenvalue weighted by Gasteiger charge is -2.15. The Hall–Kier alpha value is -3.27. The van der Waals surface area contributed by atoms with Crippen LogP contribution in [-0.4, -0.2) is 111 Å². The van der Waals surface area contributed by atoms with Gasteiger partial charge in [-0.3, -0.25) is 38.4 Å². The molecule has 414 valence electrons. The number of ether oxygens (including phenoxy) is 5. The minimum Gasteiger partial charge on any atom is -0.469 e. The summed E-state index contributed by atoms with van der Waals surface area (Å²) < 4.78 is 23.2. The molecule has 0 aliphatic carbocycles. The lowest BCUT2D eigenvalue weighted by atomic mass is 9.90. The zero-order valence-corrected chi connectivity index (χ0v) is 50.1. The van der Waals surface area contributed by atoms with Crippen LogP contribution in [0.15, 0.2) is 0 Å². The van der Waals surface area contributed by atoms with Gasteiger partial charge in [-0.15, -0.1) is 0 Å². The SMILES string of the molecule is CCC(=O)C(C)(C)C.CCC(=O)C(C)C.CCC(=O)CCSC.CCC(C)=O.CCCOC(=O)C(C)(C)C.CCCOC(=O)C(C)C.CCCOC(=O)CCSC.CCCOC(C)=O.COC(C)=O. The smallest absolute Gasteiger partial charge is 0.311 e. The van der Waals surface area contributed by atoms with E-state index in [4.69, 9.17) is 14.2 Å². The van der Waals surface area contributed by atoms with Crippen LogP contribution in [0.2, 0.25) is 0 Å². The van der Waals surface area contributed by atoms with E-state index >= 15 is 0 Å². The molecule has 0 atom stereocenters. The fourth-order valence-corrected chi connectivity index (χ4v) is 3.63. The predicted molar refractivity (Wildman–Crippen MR) is 290 cm³/mol. The molecule has 0 rings (SSSR count). The molecule has 0 radical (unpaired) electrons. The molecule has 0 aromatic rings. The maximum absolute atomic E-state index is 11.0. The van der Waals surface area contributed by atoms with Crippen LogP contribution in [0.5, 0.6) is 0 Å². The predicted octanol–water partition coefficient (Wildman–Crippen LogP) is 12.7. The molecule has 0 aliphatic rings. The van der Waals surface area contributed by atoms with Crippen molar-refractivity contribution in [1.82, 2.24) is 0 Å². The lowest BCUT2D eigenvalue weighted by Crippen LogP contribution is -2.23. The number of hydrogen-bond donors (Lipinski definition) is 0. The van der Waals surface area contributed by atoms with Crippen molar-refractivity contribution in [2.24, 2.45) is 22.7 Å². The molecule has 14 nitrogen and oxygen atoms in total. The van der Waals surface area contributed by atoms with Gasteiger partial charge >= 0.3 is 29.8 Å². The molecular weight excluding hydrogens is 925 g/mol. The summed E-state index contributed by atoms with van der Waals surface area (Å²) in [5.41, 5.74) is -0.482. The van der Waals surface area contributed by atoms with Gasteiger partial charge in [-0.05, 0) is 71.6 Å². The Labute approximate surface area is 431 Å². The van der Waals surface area contributed by atoms with Crippen LogP contribution >= 0.6 is 23.5 Å². The molecular formula is C53H106O14S2. The van der Waals surface area contributed by atoms with E-state index in [1.807, 2.05) is 137 Å². The molecule has 0 saturated carbocycles. The topological polar surface area (TPSA) is 200 Å². The van der Waals surface area contributed by atoms with Gasteiger partial charge in [0.1, 0.15) is 23.1 Å². The van der Waals surface area contributed by atoms with Gasteiger partial charge in [-0.25, -0.2) is 0 Å². The van der Waals surface area contributed by atoms with Gasteiger partial charge in [0.05, 0.1) is 51.3 Å². The maximum Gasteiger partial charge on any atom is 0.311 e. The molecule has 0 fully saturated rings. The quantitative estimate of drug-likeness (QED) is 0.0823. The van der Waals surface area contributed by atoms with E-state index in [0.717, 1.165) is 43.6 Å². The fraction of sp³-hybridized carbons (Fsp3) is 0.830. The maximum atomic E-state index is 11.0. The Morgan fingerprint density at radius 1 is 0.478 bits per heavy atom. The largest absolute Gasteiger partial charge is 0.469 e. The van der Waals surface area contributed by atoms with E-state index in [0.29, 0.717) is 75.9 Å². The third kappa shape index (κ3) is 99.0. The van der Waals surface area contributed by atoms with E-state index in [-0.39, 0.29) is 58.3 Å². The van der Waals surface area contributed by atoms with Gasteiger partial charge in [0.15, 0.2) is 0 Å². The molecule has 0 unspecified atom stereocenters. The zero-order valence-electron chi connectivity index (χ0n) is 48.5. The lowest BCUT2D eigenvalue weighted by molar-refractivity contribution is -0.153. The molecule has 69 heavy (non-hydrogen) atoms. The second-order valence-corrected chi connectivity index (χ2v) is 19.4. The Balaban J connectivity index is -0.0000000846. The van der Waals surface area contributed by atoms with Crippen molar-refractivity contribution >= 4 is 76.5 Å². The first-order chi connectivity index (χ1) is 31.8. The van der Waals surface area contributed by atoms with E-state index in [1.54, 1.807) is 30.4 Å². The van der Waals surface area contributed by atoms with Gasteiger partial charge in [0, 0.05) is 63.0 Å². The minimum absolute atomic E-state index is 0.0107. The van der Waals surface area contributed by atoms with Gasteiger partial charge < -0.3 is 28.5 Å². The molecule has 0 spiro atoms. The first kappa shape index (κ1) is 85.6. The van der Waals surface area contributed by atoms with Gasteiger partial charge in [0.25, 0.3) is 0 Å². The summed E-state index contributed by atoms with van der Waals surface area (Å²) >= 11 is 3.39. The van der Waals surface area contributed by atoms with E-state index in [1.165, 1.54) is 21.0 Å². The number of methoxy groups -OCH3 is 1. The number of thioether (sulfide) groups is 2. The number of ketones is 4. The van der Waals surface area contributed by atoms with Gasteiger partial charge in [-0.1, -0.05) is 104 Å². The molecule has 0 N–H and O–H groups in total. The molecule has 0 bridgehead atoms. The van der Waals surface area contributed by atoms with Crippen molar-refractivity contribution in [3.05, 3.63) is 0 Å². The summed E-state index contributed by atoms with van der Waals surface area (Å²) in [5, 5.41) is 0. The van der Waals surface area contributed by atoms with Crippen molar-refractivity contribution in [3.63, 3.8) is 0 Å². The minimum atomic E-state index is -0.352. The van der Waals surface area contributed by atoms with Crippen molar-refractivity contribution in [3.8, 4) is 0 Å². The highest BCUT2D eigenvalue weighted by Gasteiger charge is 2.22. The monoisotopic (exact) mass is 1030 g/mol. The van der Waals surface area contributed by atoms with Crippen molar-refractivity contribution in [1.29, 1.82) is 0 Å². The van der Waals surface area contributed by atoms with Crippen molar-refractivity contribution in [2.75, 3.05) is 57.6 Å². The van der Waals surface area contributed by atoms with Gasteiger partial charge in [-0.2, -0.15) is 23.5 Å². The fourth-order valence-electron chi connectivity index (χ4n) is 2.83. The van der Waals surface area contributed by atoms with Crippen LogP contribution in [0.4, 0.5) is 0 Å². The van der Waals surface area contributed by atoms with E-state index in [2.05, 4.69) is 9.47 Å². The van der Waals surface area contributed by atoms with Crippen molar-refractivity contribution < 1.29 is 66.8 Å². The standard InChI is InChI=1S/C8H16O2.C7H14O2S.C7H14O2.C7H14O.C6H12OS.C6H12O.C5H10O2.C4H8O.C3H6O2/c1-5-6-10-7(9)8(2,3)4;1-3-5-9-7(8)4-6-10-2;1-4-5-9-7(8)6(2)3;1-5-6(8)7(2,3)4;1-3-6(7)4-5-8-2;1-4-6(7)5(2)3;1-3-4-7-5(2)6;1-3-4(2)5;1-3(4)5-2/h5-6H2,1-4H3;3-6H2,1-2H3;6H,4-5H2,1-3H3;5H2,1-4H3;3-5H2,1-2H3;5H,4H2,1-3H3;3-4H2,1-2H3;3H2,1-2H3;1-2H3. The molecule has 0 saturated heterocycles. The highest BCUT2D eigenvalue weighted by Crippen LogP contribution is 2.16. The number of rotatable bonds is 20. The van der Waals surface area contributed by atoms with Gasteiger partial charge in [0.2, 0.25) is 0 Å². The number of carbonyl (C=O) groups excluding carboxylic acids is 9. The average Bonchev–Trinajstić information content (AvgIpc) is 3.29. The summed E-state index contributed by atoms with van der Waals surface area (Å²) in [6, 6.07) is 0. The Morgan fingerprint density at radius 2 is 0.855 bits per heavy atom. The molecule has 0 aromatic carbocycles. The summed E-state index contributed by atoms with van der Waals surface area (Å²) in [5.74, 6) is 2.66. The third-order valence-corrected chi connectivity index (χ3v) is 8.60. The van der Waals surface area contributed by atoms with Crippen LogP contribution in [-0.2, 0) is 66.8 Å². The Morgan fingerprint density at radius 3 is 1.07 bits per heavy atom. The first-order valence-corrected chi connectivity index (χ1v) is 27.3. The molecule has 16 heteroatoms. The second-order valence-electron chi connectivity index (χ2n) is 17.4. The van der Waals surface area contributed by atoms with Crippen LogP contribution < -0.4 is 0 Å². The summed E-state index contributed by atoms with van der Waals surface area (Å²) in [6.07, 6.45) is 11.6. The molecule has 0 aromatic heterocycles. The Kier molecular flexibility index (Phi) is 77.8. The normalized spacial score (nSPS) is 9.54. The summed E-state index contributed by atoms with van der Waals surface area (Å²) in [6.45, 7) is 40.9. The van der Waals surface area contributed by atoms with Crippen molar-refractivity contribution in [2.45, 2.75) is 210 Å². The third-order valence-electron chi connectivity index (χ3n) is 7.37. The zero-order chi connectivity index (χ0) is 56.6. The van der Waals surface area contributed by atoms with Crippen LogP contribution in [0.25, 0.3) is 0 Å². The molecule has 0 amide bonds.